The summed E-state index contributed by atoms with van der Waals surface area (Å²) < 4.78 is 42.0. The number of rotatable bonds is 3. The van der Waals surface area contributed by atoms with Gasteiger partial charge in [0, 0.05) is 25.2 Å². The number of hydrogen-bond donors (Lipinski definition) is 1. The van der Waals surface area contributed by atoms with E-state index >= 15 is 0 Å². The number of carbonyl (C=O) groups is 1. The lowest BCUT2D eigenvalue weighted by Crippen LogP contribution is -2.47. The van der Waals surface area contributed by atoms with Gasteiger partial charge < -0.3 is 10.2 Å². The molecule has 0 aliphatic carbocycles. The topological polar surface area (TPSA) is 50.2 Å². The Labute approximate surface area is 174 Å². The molecule has 162 valence electrons. The van der Waals surface area contributed by atoms with Gasteiger partial charge in [0.1, 0.15) is 5.82 Å². The van der Waals surface area contributed by atoms with Crippen LogP contribution in [0.2, 0.25) is 0 Å². The number of aromatic nitrogens is 2. The molecule has 1 saturated heterocycles. The van der Waals surface area contributed by atoms with Crippen LogP contribution < -0.4 is 5.32 Å². The van der Waals surface area contributed by atoms with Crippen LogP contribution in [0.3, 0.4) is 0 Å². The van der Waals surface area contributed by atoms with Crippen molar-refractivity contribution >= 4 is 11.7 Å². The molecule has 0 saturated carbocycles. The van der Waals surface area contributed by atoms with Crippen LogP contribution in [0.25, 0.3) is 0 Å². The molecule has 0 unspecified atom stereocenters. The Balaban J connectivity index is 1.38. The van der Waals surface area contributed by atoms with Gasteiger partial charge in [0.05, 0.1) is 12.1 Å². The lowest BCUT2D eigenvalue weighted by molar-refractivity contribution is -0.174. The quantitative estimate of drug-likeness (QED) is 0.807. The molecule has 1 amide bonds. The fourth-order valence-corrected chi connectivity index (χ4v) is 4.58. The number of likely N-dealkylation sites (tertiary alicyclic amines) is 1. The van der Waals surface area contributed by atoms with E-state index in [0.717, 1.165) is 15.8 Å². The maximum Gasteiger partial charge on any atom is 0.410 e. The minimum absolute atomic E-state index is 0.0282. The van der Waals surface area contributed by atoms with E-state index in [0.29, 0.717) is 43.9 Å². The molecule has 3 heterocycles. The van der Waals surface area contributed by atoms with Gasteiger partial charge in [0.25, 0.3) is 0 Å². The number of nitrogens with one attached hydrogen (secondary N) is 1. The first-order valence-corrected chi connectivity index (χ1v) is 10.4. The van der Waals surface area contributed by atoms with Crippen LogP contribution in [0.15, 0.2) is 30.3 Å². The van der Waals surface area contributed by atoms with Gasteiger partial charge in [-0.25, -0.2) is 4.68 Å². The Kier molecular flexibility index (Phi) is 5.51. The summed E-state index contributed by atoms with van der Waals surface area (Å²) in [6, 6.07) is 7.72. The summed E-state index contributed by atoms with van der Waals surface area (Å²) in [6.45, 7) is 4.88. The number of amides is 1. The molecular weight excluding hydrogens is 393 g/mol. The summed E-state index contributed by atoms with van der Waals surface area (Å²) in [4.78, 5) is 14.5. The van der Waals surface area contributed by atoms with Crippen LogP contribution in [-0.4, -0.2) is 45.9 Å². The number of alkyl halides is 3. The van der Waals surface area contributed by atoms with Gasteiger partial charge in [0.15, 0.2) is 6.04 Å². The third kappa shape index (κ3) is 4.32. The summed E-state index contributed by atoms with van der Waals surface area (Å²) in [6.07, 6.45) is -2.59. The zero-order chi connectivity index (χ0) is 21.5. The Bertz CT molecular complexity index is 898. The number of anilines is 1. The first kappa shape index (κ1) is 20.8. The molecule has 0 spiro atoms. The number of aryl methyl sites for hydroxylation is 2. The number of piperidine rings is 1. The van der Waals surface area contributed by atoms with E-state index in [9.17, 15) is 18.0 Å². The van der Waals surface area contributed by atoms with Gasteiger partial charge in [-0.1, -0.05) is 29.8 Å². The maximum atomic E-state index is 13.6. The van der Waals surface area contributed by atoms with Crippen molar-refractivity contribution in [3.8, 4) is 0 Å². The van der Waals surface area contributed by atoms with Crippen LogP contribution in [0.1, 0.15) is 42.1 Å². The summed E-state index contributed by atoms with van der Waals surface area (Å²) >= 11 is 0. The number of hydrogen-bond acceptors (Lipinski definition) is 3. The molecule has 2 aromatic rings. The summed E-state index contributed by atoms with van der Waals surface area (Å²) in [5.41, 5.74) is 2.71. The lowest BCUT2D eigenvalue weighted by atomic mass is 9.84. The van der Waals surface area contributed by atoms with Crippen molar-refractivity contribution in [2.75, 3.05) is 18.4 Å². The van der Waals surface area contributed by atoms with E-state index in [1.165, 1.54) is 0 Å². The molecule has 4 rings (SSSR count). The number of fused-ring (bicyclic) bond motifs is 1. The minimum Gasteiger partial charge on any atom is -0.367 e. The van der Waals surface area contributed by atoms with Crippen molar-refractivity contribution < 1.29 is 18.0 Å². The monoisotopic (exact) mass is 420 g/mol. The van der Waals surface area contributed by atoms with Crippen LogP contribution in [0.5, 0.6) is 0 Å². The summed E-state index contributed by atoms with van der Waals surface area (Å²) in [5.74, 6) is 0.613. The second kappa shape index (κ2) is 7.96. The summed E-state index contributed by atoms with van der Waals surface area (Å²) in [7, 11) is 0. The molecule has 2 atom stereocenters. The Morgan fingerprint density at radius 1 is 1.17 bits per heavy atom. The van der Waals surface area contributed by atoms with Gasteiger partial charge in [0.2, 0.25) is 5.91 Å². The maximum absolute atomic E-state index is 13.6. The predicted octanol–water partition coefficient (Wildman–Crippen LogP) is 4.27. The van der Waals surface area contributed by atoms with Crippen LogP contribution in [0, 0.1) is 19.8 Å². The first-order chi connectivity index (χ1) is 14.2. The van der Waals surface area contributed by atoms with Crippen molar-refractivity contribution in [2.45, 2.75) is 57.8 Å². The number of halogens is 3. The highest BCUT2D eigenvalue weighted by molar-refractivity contribution is 5.78. The van der Waals surface area contributed by atoms with E-state index in [4.69, 9.17) is 0 Å². The fraction of sp³-hybridized carbons (Fsp3) is 0.545. The van der Waals surface area contributed by atoms with E-state index in [1.54, 1.807) is 13.0 Å². The molecule has 1 aromatic heterocycles. The average Bonchev–Trinajstić information content (AvgIpc) is 3.08. The number of nitrogens with zero attached hydrogens (tertiary/aromatic N) is 3. The van der Waals surface area contributed by atoms with Crippen LogP contribution in [-0.2, 0) is 11.2 Å². The zero-order valence-electron chi connectivity index (χ0n) is 17.2. The number of benzene rings is 1. The normalized spacial score (nSPS) is 22.5. The van der Waals surface area contributed by atoms with Crippen molar-refractivity contribution in [3.63, 3.8) is 0 Å². The van der Waals surface area contributed by atoms with E-state index in [1.807, 2.05) is 36.1 Å². The first-order valence-electron chi connectivity index (χ1n) is 10.4. The van der Waals surface area contributed by atoms with Crippen LogP contribution in [0.4, 0.5) is 19.0 Å². The van der Waals surface area contributed by atoms with E-state index < -0.39 is 12.2 Å². The Morgan fingerprint density at radius 2 is 1.83 bits per heavy atom. The van der Waals surface area contributed by atoms with Crippen molar-refractivity contribution in [2.24, 2.45) is 5.92 Å². The molecule has 0 radical (unpaired) electrons. The highest BCUT2D eigenvalue weighted by Gasteiger charge is 2.47. The van der Waals surface area contributed by atoms with Crippen molar-refractivity contribution in [1.82, 2.24) is 14.7 Å². The standard InChI is InChI=1S/C22H27F3N4O/c1-14-3-5-16(6-4-14)12-21(30)28-9-7-17(8-10-28)18-13-19(22(23,24)25)29-20(26-18)11-15(2)27-29/h3-6,11,17-19,26H,7-10,12-13H2,1-2H3/t18-,19+/m0/s1. The third-order valence-corrected chi connectivity index (χ3v) is 6.28. The van der Waals surface area contributed by atoms with Crippen molar-refractivity contribution in [1.29, 1.82) is 0 Å². The minimum atomic E-state index is -4.34. The highest BCUT2D eigenvalue weighted by atomic mass is 19.4. The SMILES string of the molecule is Cc1ccc(CC(=O)N2CCC([C@@H]3C[C@H](C(F)(F)F)n4nc(C)cc4N3)CC2)cc1. The second-order valence-electron chi connectivity index (χ2n) is 8.54. The van der Waals surface area contributed by atoms with Crippen LogP contribution >= 0.6 is 0 Å². The molecule has 2 aliphatic rings. The number of carbonyl (C=O) groups excluding carboxylic acids is 1. The van der Waals surface area contributed by atoms with Gasteiger partial charge in [-0.05, 0) is 44.6 Å². The third-order valence-electron chi connectivity index (χ3n) is 6.28. The molecule has 1 aromatic carbocycles. The largest absolute Gasteiger partial charge is 0.410 e. The Morgan fingerprint density at radius 3 is 2.47 bits per heavy atom. The molecule has 1 N–H and O–H groups in total. The van der Waals surface area contributed by atoms with E-state index in [2.05, 4.69) is 10.4 Å². The predicted molar refractivity (Wildman–Crippen MR) is 108 cm³/mol. The molecule has 1 fully saturated rings. The molecule has 30 heavy (non-hydrogen) atoms. The summed E-state index contributed by atoms with van der Waals surface area (Å²) in [5, 5.41) is 7.32. The van der Waals surface area contributed by atoms with E-state index in [-0.39, 0.29) is 24.3 Å². The van der Waals surface area contributed by atoms with Gasteiger partial charge in [-0.3, -0.25) is 4.79 Å². The highest BCUT2D eigenvalue weighted by Crippen LogP contribution is 2.42. The molecule has 0 bridgehead atoms. The van der Waals surface area contributed by atoms with Gasteiger partial charge >= 0.3 is 6.18 Å². The smallest absolute Gasteiger partial charge is 0.367 e. The van der Waals surface area contributed by atoms with Crippen molar-refractivity contribution in [3.05, 3.63) is 47.2 Å². The molecule has 8 heteroatoms. The molecule has 2 aliphatic heterocycles. The molecular formula is C22H27F3N4O. The fourth-order valence-electron chi connectivity index (χ4n) is 4.58. The second-order valence-corrected chi connectivity index (χ2v) is 8.54. The van der Waals surface area contributed by atoms with Gasteiger partial charge in [-0.2, -0.15) is 18.3 Å². The Hall–Kier alpha value is -2.51. The van der Waals surface area contributed by atoms with Gasteiger partial charge in [-0.15, -0.1) is 0 Å². The zero-order valence-corrected chi connectivity index (χ0v) is 17.2. The average molecular weight is 420 g/mol. The molecule has 5 nitrogen and oxygen atoms in total. The lowest BCUT2D eigenvalue weighted by Gasteiger charge is -2.41.